The maximum atomic E-state index is 12.5. The highest BCUT2D eigenvalue weighted by molar-refractivity contribution is 5.78. The van der Waals surface area contributed by atoms with E-state index in [0.717, 1.165) is 24.8 Å². The van der Waals surface area contributed by atoms with Crippen molar-refractivity contribution in [2.24, 2.45) is 0 Å². The van der Waals surface area contributed by atoms with Crippen LogP contribution in [-0.4, -0.2) is 15.9 Å². The lowest BCUT2D eigenvalue weighted by Gasteiger charge is -2.43. The topological polar surface area (TPSA) is 74.8 Å². The zero-order valence-electron chi connectivity index (χ0n) is 14.5. The van der Waals surface area contributed by atoms with Crippen molar-refractivity contribution in [1.29, 1.82) is 0 Å². The van der Waals surface area contributed by atoms with Gasteiger partial charge >= 0.3 is 0 Å². The lowest BCUT2D eigenvalue weighted by atomic mass is 9.71. The van der Waals surface area contributed by atoms with Gasteiger partial charge in [0.1, 0.15) is 5.82 Å². The summed E-state index contributed by atoms with van der Waals surface area (Å²) in [6, 6.07) is 17.4. The highest BCUT2D eigenvalue weighted by atomic mass is 16.1. The summed E-state index contributed by atoms with van der Waals surface area (Å²) >= 11 is 0. The first-order chi connectivity index (χ1) is 12.7. The van der Waals surface area contributed by atoms with Gasteiger partial charge < -0.3 is 10.3 Å². The Morgan fingerprint density at radius 1 is 1.08 bits per heavy atom. The molecule has 5 nitrogen and oxygen atoms in total. The summed E-state index contributed by atoms with van der Waals surface area (Å²) in [4.78, 5) is 31.9. The van der Waals surface area contributed by atoms with Crippen LogP contribution < -0.4 is 10.9 Å². The molecule has 1 saturated carbocycles. The second-order valence-corrected chi connectivity index (χ2v) is 6.88. The number of aromatic amines is 1. The third-order valence-corrected chi connectivity index (χ3v) is 5.16. The zero-order chi connectivity index (χ0) is 18.0. The number of amides is 1. The molecule has 1 aliphatic carbocycles. The minimum Gasteiger partial charge on any atom is -0.347 e. The van der Waals surface area contributed by atoms with E-state index < -0.39 is 0 Å². The molecule has 1 amide bonds. The highest BCUT2D eigenvalue weighted by Crippen LogP contribution is 2.41. The molecule has 0 aliphatic heterocycles. The lowest BCUT2D eigenvalue weighted by Crippen LogP contribution is -2.50. The second-order valence-electron chi connectivity index (χ2n) is 6.88. The minimum absolute atomic E-state index is 0.00985. The van der Waals surface area contributed by atoms with Crippen molar-refractivity contribution in [2.45, 2.75) is 37.6 Å². The number of aromatic nitrogens is 2. The molecule has 0 saturated heterocycles. The van der Waals surface area contributed by atoms with Gasteiger partial charge in [-0.1, -0.05) is 42.5 Å². The number of carbonyl (C=O) groups is 1. The van der Waals surface area contributed by atoms with Gasteiger partial charge in [-0.3, -0.25) is 9.59 Å². The van der Waals surface area contributed by atoms with Crippen LogP contribution in [0.3, 0.4) is 0 Å². The number of rotatable bonds is 5. The largest absolute Gasteiger partial charge is 0.347 e. The maximum absolute atomic E-state index is 12.5. The summed E-state index contributed by atoms with van der Waals surface area (Å²) in [6.07, 6.45) is 3.77. The fourth-order valence-corrected chi connectivity index (χ4v) is 3.59. The molecule has 3 aromatic rings. The minimum atomic E-state index is -0.234. The van der Waals surface area contributed by atoms with Crippen molar-refractivity contribution in [3.05, 3.63) is 76.3 Å². The summed E-state index contributed by atoms with van der Waals surface area (Å²) in [7, 11) is 0. The average Bonchev–Trinajstić information content (AvgIpc) is 2.64. The van der Waals surface area contributed by atoms with Crippen molar-refractivity contribution in [1.82, 2.24) is 15.3 Å². The molecule has 0 radical (unpaired) electrons. The summed E-state index contributed by atoms with van der Waals surface area (Å²) in [5.74, 6) is 0.538. The van der Waals surface area contributed by atoms with E-state index in [1.165, 1.54) is 0 Å². The molecule has 132 valence electrons. The Morgan fingerprint density at radius 2 is 1.81 bits per heavy atom. The predicted molar refractivity (Wildman–Crippen MR) is 101 cm³/mol. The van der Waals surface area contributed by atoms with Crippen LogP contribution in [0.2, 0.25) is 0 Å². The number of fused-ring (bicyclic) bond motifs is 1. The molecule has 0 bridgehead atoms. The zero-order valence-corrected chi connectivity index (χ0v) is 14.5. The number of hydrogen-bond donors (Lipinski definition) is 2. The van der Waals surface area contributed by atoms with Gasteiger partial charge in [0.2, 0.25) is 5.91 Å². The van der Waals surface area contributed by atoms with Gasteiger partial charge in [0.15, 0.2) is 0 Å². The molecule has 26 heavy (non-hydrogen) atoms. The van der Waals surface area contributed by atoms with Crippen molar-refractivity contribution >= 4 is 16.8 Å². The molecule has 0 unspecified atom stereocenters. The average molecular weight is 347 g/mol. The molecule has 0 spiro atoms. The maximum Gasteiger partial charge on any atom is 0.258 e. The first kappa shape index (κ1) is 16.5. The Labute approximate surface area is 151 Å². The Kier molecular flexibility index (Phi) is 4.29. The molecule has 5 heteroatoms. The van der Waals surface area contributed by atoms with Gasteiger partial charge in [-0.05, 0) is 37.0 Å². The number of benzene rings is 2. The molecule has 4 rings (SSSR count). The molecule has 1 aromatic heterocycles. The normalized spacial score (nSPS) is 15.4. The Hall–Kier alpha value is -2.95. The quantitative estimate of drug-likeness (QED) is 0.745. The smallest absolute Gasteiger partial charge is 0.258 e. The molecular formula is C21H21N3O2. The molecule has 1 heterocycles. The van der Waals surface area contributed by atoms with Crippen molar-refractivity contribution < 1.29 is 4.79 Å². The molecule has 2 aromatic carbocycles. The van der Waals surface area contributed by atoms with Gasteiger partial charge in [0.05, 0.1) is 16.4 Å². The van der Waals surface area contributed by atoms with E-state index in [1.807, 2.05) is 36.4 Å². The van der Waals surface area contributed by atoms with Crippen molar-refractivity contribution in [3.8, 4) is 0 Å². The monoisotopic (exact) mass is 347 g/mol. The first-order valence-corrected chi connectivity index (χ1v) is 9.01. The molecule has 1 fully saturated rings. The third kappa shape index (κ3) is 3.12. The Bertz CT molecular complexity index is 991. The third-order valence-electron chi connectivity index (χ3n) is 5.16. The SMILES string of the molecule is O=C(CCc1nc2ccccc2c(=O)[nH]1)NC1(c2ccccc2)CCC1. The Balaban J connectivity index is 1.45. The molecular weight excluding hydrogens is 326 g/mol. The van der Waals surface area contributed by atoms with Crippen molar-refractivity contribution in [2.75, 3.05) is 0 Å². The van der Waals surface area contributed by atoms with Crippen LogP contribution in [-0.2, 0) is 16.8 Å². The van der Waals surface area contributed by atoms with Gasteiger partial charge in [-0.25, -0.2) is 4.98 Å². The summed E-state index contributed by atoms with van der Waals surface area (Å²) in [5, 5.41) is 3.78. The number of nitrogens with one attached hydrogen (secondary N) is 2. The number of aryl methyl sites for hydroxylation is 1. The van der Waals surface area contributed by atoms with E-state index in [4.69, 9.17) is 0 Å². The summed E-state index contributed by atoms with van der Waals surface area (Å²) in [6.45, 7) is 0. The van der Waals surface area contributed by atoms with Gasteiger partial charge in [-0.15, -0.1) is 0 Å². The number of nitrogens with zero attached hydrogens (tertiary/aromatic N) is 1. The standard InChI is InChI=1S/C21H21N3O2/c25-19(24-21(13-6-14-21)15-7-2-1-3-8-15)12-11-18-22-17-10-5-4-9-16(17)20(26)23-18/h1-5,7-10H,6,11-14H2,(H,24,25)(H,22,23,26). The van der Waals surface area contributed by atoms with E-state index >= 15 is 0 Å². The van der Waals surface area contributed by atoms with Crippen LogP contribution in [0, 0.1) is 0 Å². The van der Waals surface area contributed by atoms with Crippen LogP contribution in [0.25, 0.3) is 10.9 Å². The van der Waals surface area contributed by atoms with Crippen LogP contribution in [0.1, 0.15) is 37.1 Å². The first-order valence-electron chi connectivity index (χ1n) is 9.01. The van der Waals surface area contributed by atoms with Gasteiger partial charge in [0.25, 0.3) is 5.56 Å². The van der Waals surface area contributed by atoms with E-state index in [2.05, 4.69) is 27.4 Å². The number of carbonyl (C=O) groups excluding carboxylic acids is 1. The number of H-pyrrole nitrogens is 1. The number of para-hydroxylation sites is 1. The highest BCUT2D eigenvalue weighted by Gasteiger charge is 2.39. The van der Waals surface area contributed by atoms with E-state index in [1.54, 1.807) is 6.07 Å². The van der Waals surface area contributed by atoms with Crippen LogP contribution in [0.15, 0.2) is 59.4 Å². The van der Waals surface area contributed by atoms with Gasteiger partial charge in [0, 0.05) is 12.8 Å². The van der Waals surface area contributed by atoms with Crippen LogP contribution >= 0.6 is 0 Å². The fraction of sp³-hybridized carbons (Fsp3) is 0.286. The number of hydrogen-bond acceptors (Lipinski definition) is 3. The summed E-state index contributed by atoms with van der Waals surface area (Å²) < 4.78 is 0. The van der Waals surface area contributed by atoms with Gasteiger partial charge in [-0.2, -0.15) is 0 Å². The molecule has 2 N–H and O–H groups in total. The Morgan fingerprint density at radius 3 is 2.54 bits per heavy atom. The predicted octanol–water partition coefficient (Wildman–Crippen LogP) is 3.05. The molecule has 0 atom stereocenters. The second kappa shape index (κ2) is 6.75. The van der Waals surface area contributed by atoms with E-state index in [-0.39, 0.29) is 17.0 Å². The van der Waals surface area contributed by atoms with Crippen molar-refractivity contribution in [3.63, 3.8) is 0 Å². The lowest BCUT2D eigenvalue weighted by molar-refractivity contribution is -0.124. The van der Waals surface area contributed by atoms with Crippen LogP contribution in [0.5, 0.6) is 0 Å². The fourth-order valence-electron chi connectivity index (χ4n) is 3.59. The van der Waals surface area contributed by atoms with Crippen LogP contribution in [0.4, 0.5) is 0 Å². The van der Waals surface area contributed by atoms with E-state index in [0.29, 0.717) is 29.6 Å². The molecule has 1 aliphatic rings. The van der Waals surface area contributed by atoms with E-state index in [9.17, 15) is 9.59 Å². The summed E-state index contributed by atoms with van der Waals surface area (Å²) in [5.41, 5.74) is 1.43.